The normalized spacial score (nSPS) is 11.5. The highest BCUT2D eigenvalue weighted by molar-refractivity contribution is 7.99. The number of sulfone groups is 1. The summed E-state index contributed by atoms with van der Waals surface area (Å²) in [7, 11) is -3.56. The van der Waals surface area contributed by atoms with Crippen molar-refractivity contribution in [3.8, 4) is 0 Å². The van der Waals surface area contributed by atoms with Crippen molar-refractivity contribution in [2.75, 3.05) is 11.1 Å². The zero-order chi connectivity index (χ0) is 22.6. The summed E-state index contributed by atoms with van der Waals surface area (Å²) in [4.78, 5) is 12.5. The van der Waals surface area contributed by atoms with Gasteiger partial charge in [0, 0.05) is 12.2 Å². The van der Waals surface area contributed by atoms with Gasteiger partial charge in [0.2, 0.25) is 5.91 Å². The number of aryl methyl sites for hydroxylation is 1. The van der Waals surface area contributed by atoms with E-state index in [-0.39, 0.29) is 22.3 Å². The van der Waals surface area contributed by atoms with Crippen LogP contribution in [-0.2, 0) is 26.9 Å². The number of hydrogen-bond acceptors (Lipinski definition) is 6. The third-order valence-corrected chi connectivity index (χ3v) is 7.68. The predicted octanol–water partition coefficient (Wildman–Crippen LogP) is 4.62. The number of carbonyl (C=O) groups is 1. The Morgan fingerprint density at radius 2 is 1.81 bits per heavy atom. The largest absolute Gasteiger partial charge is 0.325 e. The Bertz CT molecular complexity index is 1200. The van der Waals surface area contributed by atoms with Crippen molar-refractivity contribution in [1.82, 2.24) is 14.8 Å². The summed E-state index contributed by atoms with van der Waals surface area (Å²) in [5.74, 6) is -0.130. The number of aromatic nitrogens is 3. The topological polar surface area (TPSA) is 93.9 Å². The first-order valence-electron chi connectivity index (χ1n) is 9.29. The molecule has 31 heavy (non-hydrogen) atoms. The van der Waals surface area contributed by atoms with Gasteiger partial charge in [0.15, 0.2) is 15.0 Å². The fourth-order valence-corrected chi connectivity index (χ4v) is 5.14. The number of carbonyl (C=O) groups excluding carboxylic acids is 1. The number of halogens is 2. The fraction of sp³-hybridized carbons (Fsp3) is 0.250. The lowest BCUT2D eigenvalue weighted by molar-refractivity contribution is -0.113. The lowest BCUT2D eigenvalue weighted by Gasteiger charge is -2.09. The molecule has 1 heterocycles. The molecular weight excluding hydrogens is 479 g/mol. The zero-order valence-electron chi connectivity index (χ0n) is 16.8. The molecule has 0 radical (unpaired) electrons. The van der Waals surface area contributed by atoms with Gasteiger partial charge in [0.25, 0.3) is 0 Å². The molecule has 0 atom stereocenters. The molecule has 0 aliphatic carbocycles. The Morgan fingerprint density at radius 1 is 1.10 bits per heavy atom. The Balaban J connectivity index is 1.67. The molecule has 2 aromatic carbocycles. The van der Waals surface area contributed by atoms with Crippen LogP contribution in [-0.4, -0.2) is 34.8 Å². The van der Waals surface area contributed by atoms with Crippen LogP contribution in [0.3, 0.4) is 0 Å². The lowest BCUT2D eigenvalue weighted by atomic mass is 10.2. The molecule has 1 aromatic heterocycles. The fourth-order valence-electron chi connectivity index (χ4n) is 2.75. The van der Waals surface area contributed by atoms with Crippen molar-refractivity contribution in [1.29, 1.82) is 0 Å². The molecule has 3 rings (SSSR count). The highest BCUT2D eigenvalue weighted by Gasteiger charge is 2.21. The molecule has 1 amide bonds. The van der Waals surface area contributed by atoms with Gasteiger partial charge < -0.3 is 9.88 Å². The van der Waals surface area contributed by atoms with Gasteiger partial charge in [0.1, 0.15) is 11.6 Å². The van der Waals surface area contributed by atoms with Crippen molar-refractivity contribution < 1.29 is 13.2 Å². The van der Waals surface area contributed by atoms with Crippen molar-refractivity contribution in [3.63, 3.8) is 0 Å². The Labute approximate surface area is 195 Å². The monoisotopic (exact) mass is 498 g/mol. The maximum Gasteiger partial charge on any atom is 0.234 e. The number of rotatable bonds is 8. The number of amides is 1. The van der Waals surface area contributed by atoms with Gasteiger partial charge in [0.05, 0.1) is 20.7 Å². The number of nitrogens with zero attached hydrogens (tertiary/aromatic N) is 3. The summed E-state index contributed by atoms with van der Waals surface area (Å²) >= 11 is 13.0. The summed E-state index contributed by atoms with van der Waals surface area (Å²) in [6.45, 7) is 4.24. The average molecular weight is 499 g/mol. The van der Waals surface area contributed by atoms with Crippen LogP contribution < -0.4 is 5.32 Å². The van der Waals surface area contributed by atoms with Crippen LogP contribution in [0.4, 0.5) is 5.69 Å². The first kappa shape index (κ1) is 23.6. The molecule has 7 nitrogen and oxygen atoms in total. The Hall–Kier alpha value is -2.07. The van der Waals surface area contributed by atoms with E-state index in [4.69, 9.17) is 23.2 Å². The predicted molar refractivity (Wildman–Crippen MR) is 124 cm³/mol. The van der Waals surface area contributed by atoms with E-state index in [0.717, 1.165) is 5.56 Å². The quantitative estimate of drug-likeness (QED) is 0.455. The molecule has 0 fully saturated rings. The molecule has 164 valence electrons. The van der Waals surface area contributed by atoms with E-state index in [1.807, 2.05) is 13.8 Å². The molecular formula is C20H20Cl2N4O3S2. The highest BCUT2D eigenvalue weighted by atomic mass is 35.5. The van der Waals surface area contributed by atoms with Gasteiger partial charge in [-0.1, -0.05) is 52.7 Å². The summed E-state index contributed by atoms with van der Waals surface area (Å²) in [5.41, 5.74) is 1.51. The number of benzene rings is 2. The van der Waals surface area contributed by atoms with E-state index in [0.29, 0.717) is 33.3 Å². The highest BCUT2D eigenvalue weighted by Crippen LogP contribution is 2.26. The van der Waals surface area contributed by atoms with E-state index < -0.39 is 9.84 Å². The minimum atomic E-state index is -3.56. The van der Waals surface area contributed by atoms with Crippen molar-refractivity contribution in [3.05, 3.63) is 63.9 Å². The smallest absolute Gasteiger partial charge is 0.234 e. The third kappa shape index (κ3) is 6.00. The minimum absolute atomic E-state index is 0.0725. The van der Waals surface area contributed by atoms with Crippen LogP contribution in [0, 0.1) is 6.92 Å². The van der Waals surface area contributed by atoms with E-state index >= 15 is 0 Å². The second-order valence-electron chi connectivity index (χ2n) is 6.68. The van der Waals surface area contributed by atoms with Crippen LogP contribution in [0.25, 0.3) is 0 Å². The average Bonchev–Trinajstić information content (AvgIpc) is 3.10. The molecule has 0 saturated carbocycles. The number of hydrogen-bond donors (Lipinski definition) is 1. The van der Waals surface area contributed by atoms with E-state index in [2.05, 4.69) is 15.5 Å². The van der Waals surface area contributed by atoms with Crippen molar-refractivity contribution in [2.45, 2.75) is 36.2 Å². The lowest BCUT2D eigenvalue weighted by Crippen LogP contribution is -2.15. The van der Waals surface area contributed by atoms with Gasteiger partial charge >= 0.3 is 0 Å². The maximum absolute atomic E-state index is 12.7. The Kier molecular flexibility index (Phi) is 7.64. The van der Waals surface area contributed by atoms with Gasteiger partial charge in [-0.3, -0.25) is 4.79 Å². The molecule has 11 heteroatoms. The molecule has 0 aliphatic rings. The number of nitrogens with one attached hydrogen (secondary N) is 1. The standard InChI is InChI=1S/C20H20Cl2N4O3S2/c1-3-26-18(12-31(28,29)15-7-4-13(2)5-8-15)24-25-20(26)30-11-19(27)23-14-6-9-16(21)17(22)10-14/h4-10H,3,11-12H2,1-2H3,(H,23,27). The van der Waals surface area contributed by atoms with Crippen LogP contribution in [0.5, 0.6) is 0 Å². The van der Waals surface area contributed by atoms with E-state index in [1.54, 1.807) is 47.0 Å². The third-order valence-electron chi connectivity index (χ3n) is 4.34. The van der Waals surface area contributed by atoms with Crippen LogP contribution in [0.1, 0.15) is 18.3 Å². The van der Waals surface area contributed by atoms with Gasteiger partial charge in [-0.05, 0) is 44.2 Å². The SMILES string of the molecule is CCn1c(CS(=O)(=O)c2ccc(C)cc2)nnc1SCC(=O)Nc1ccc(Cl)c(Cl)c1. The summed E-state index contributed by atoms with van der Waals surface area (Å²) in [5, 5.41) is 12.1. The molecule has 1 N–H and O–H groups in total. The van der Waals surface area contributed by atoms with Crippen molar-refractivity contribution >= 4 is 56.4 Å². The minimum Gasteiger partial charge on any atom is -0.325 e. The molecule has 0 bridgehead atoms. The maximum atomic E-state index is 12.7. The van der Waals surface area contributed by atoms with Gasteiger partial charge in [-0.2, -0.15) is 0 Å². The van der Waals surface area contributed by atoms with Crippen LogP contribution in [0.15, 0.2) is 52.5 Å². The Morgan fingerprint density at radius 3 is 2.45 bits per heavy atom. The van der Waals surface area contributed by atoms with Gasteiger partial charge in [-0.15, -0.1) is 10.2 Å². The van der Waals surface area contributed by atoms with Crippen molar-refractivity contribution in [2.24, 2.45) is 0 Å². The second kappa shape index (κ2) is 10.0. The number of anilines is 1. The first-order chi connectivity index (χ1) is 14.7. The first-order valence-corrected chi connectivity index (χ1v) is 12.7. The summed E-state index contributed by atoms with van der Waals surface area (Å²) in [6, 6.07) is 11.5. The number of thioether (sulfide) groups is 1. The van der Waals surface area contributed by atoms with Gasteiger partial charge in [-0.25, -0.2) is 8.42 Å². The molecule has 0 unspecified atom stereocenters. The molecule has 0 spiro atoms. The molecule has 0 saturated heterocycles. The van der Waals surface area contributed by atoms with E-state index in [9.17, 15) is 13.2 Å². The summed E-state index contributed by atoms with van der Waals surface area (Å²) in [6.07, 6.45) is 0. The van der Waals surface area contributed by atoms with Crippen LogP contribution >= 0.6 is 35.0 Å². The molecule has 0 aliphatic heterocycles. The second-order valence-corrected chi connectivity index (χ2v) is 10.4. The van der Waals surface area contributed by atoms with Crippen LogP contribution in [0.2, 0.25) is 10.0 Å². The molecule has 3 aromatic rings. The summed E-state index contributed by atoms with van der Waals surface area (Å²) < 4.78 is 27.2. The van der Waals surface area contributed by atoms with E-state index in [1.165, 1.54) is 11.8 Å². The zero-order valence-corrected chi connectivity index (χ0v) is 19.9.